The van der Waals surface area contributed by atoms with Gasteiger partial charge in [0, 0.05) is 11.5 Å². The van der Waals surface area contributed by atoms with Gasteiger partial charge in [-0.1, -0.05) is 19.3 Å². The standard InChI is InChI=1S/C14H17N3O/c15-13(18)10-6-7-11-12(8-10)17-14(16-11)9-4-2-1-3-5-9/h6-9H,1-5H2,(H2,15,18)(H,16,17). The summed E-state index contributed by atoms with van der Waals surface area (Å²) in [5.74, 6) is 1.21. The van der Waals surface area contributed by atoms with E-state index in [1.165, 1.54) is 32.1 Å². The molecule has 0 saturated heterocycles. The van der Waals surface area contributed by atoms with Crippen molar-refractivity contribution in [2.24, 2.45) is 5.73 Å². The first-order chi connectivity index (χ1) is 8.74. The number of carbonyl (C=O) groups is 1. The van der Waals surface area contributed by atoms with E-state index in [0.29, 0.717) is 11.5 Å². The Labute approximate surface area is 106 Å². The van der Waals surface area contributed by atoms with E-state index in [1.807, 2.05) is 6.07 Å². The summed E-state index contributed by atoms with van der Waals surface area (Å²) >= 11 is 0. The molecule has 0 aliphatic heterocycles. The molecule has 94 valence electrons. The van der Waals surface area contributed by atoms with E-state index in [1.54, 1.807) is 12.1 Å². The van der Waals surface area contributed by atoms with Gasteiger partial charge in [0.05, 0.1) is 11.0 Å². The monoisotopic (exact) mass is 243 g/mol. The van der Waals surface area contributed by atoms with Gasteiger partial charge in [0.2, 0.25) is 5.91 Å². The maximum Gasteiger partial charge on any atom is 0.248 e. The maximum absolute atomic E-state index is 11.1. The van der Waals surface area contributed by atoms with Crippen molar-refractivity contribution in [3.63, 3.8) is 0 Å². The van der Waals surface area contributed by atoms with Crippen molar-refractivity contribution in [3.05, 3.63) is 29.6 Å². The quantitative estimate of drug-likeness (QED) is 0.851. The molecule has 1 aliphatic carbocycles. The Morgan fingerprint density at radius 1 is 1.28 bits per heavy atom. The number of H-pyrrole nitrogens is 1. The molecule has 1 amide bonds. The second kappa shape index (κ2) is 4.44. The van der Waals surface area contributed by atoms with Gasteiger partial charge in [0.15, 0.2) is 0 Å². The minimum Gasteiger partial charge on any atom is -0.366 e. The number of rotatable bonds is 2. The number of imidazole rings is 1. The molecule has 1 aliphatic rings. The highest BCUT2D eigenvalue weighted by Gasteiger charge is 2.18. The van der Waals surface area contributed by atoms with Crippen LogP contribution < -0.4 is 5.73 Å². The number of nitrogens with zero attached hydrogens (tertiary/aromatic N) is 1. The summed E-state index contributed by atoms with van der Waals surface area (Å²) in [5.41, 5.74) is 7.64. The van der Waals surface area contributed by atoms with Crippen LogP contribution in [0.1, 0.15) is 54.2 Å². The molecule has 3 N–H and O–H groups in total. The summed E-state index contributed by atoms with van der Waals surface area (Å²) in [6.07, 6.45) is 6.33. The highest BCUT2D eigenvalue weighted by Crippen LogP contribution is 2.32. The summed E-state index contributed by atoms with van der Waals surface area (Å²) in [6.45, 7) is 0. The number of nitrogens with one attached hydrogen (secondary N) is 1. The second-order valence-electron chi connectivity index (χ2n) is 5.05. The molecule has 1 aromatic carbocycles. The second-order valence-corrected chi connectivity index (χ2v) is 5.05. The zero-order chi connectivity index (χ0) is 12.5. The molecule has 4 heteroatoms. The van der Waals surface area contributed by atoms with Crippen LogP contribution in [0.5, 0.6) is 0 Å². The van der Waals surface area contributed by atoms with Crippen molar-refractivity contribution in [2.75, 3.05) is 0 Å². The number of amides is 1. The van der Waals surface area contributed by atoms with Gasteiger partial charge in [-0.3, -0.25) is 4.79 Å². The van der Waals surface area contributed by atoms with Gasteiger partial charge >= 0.3 is 0 Å². The van der Waals surface area contributed by atoms with Crippen LogP contribution in [0.4, 0.5) is 0 Å². The Morgan fingerprint density at radius 3 is 2.78 bits per heavy atom. The van der Waals surface area contributed by atoms with Crippen molar-refractivity contribution in [1.29, 1.82) is 0 Å². The molecule has 0 radical (unpaired) electrons. The average molecular weight is 243 g/mol. The van der Waals surface area contributed by atoms with Crippen LogP contribution in [0.2, 0.25) is 0 Å². The van der Waals surface area contributed by atoms with Crippen LogP contribution in [0.3, 0.4) is 0 Å². The van der Waals surface area contributed by atoms with Crippen LogP contribution in [-0.2, 0) is 0 Å². The lowest BCUT2D eigenvalue weighted by atomic mass is 9.89. The molecule has 18 heavy (non-hydrogen) atoms. The van der Waals surface area contributed by atoms with Gasteiger partial charge in [0.1, 0.15) is 5.82 Å². The van der Waals surface area contributed by atoms with Crippen LogP contribution in [-0.4, -0.2) is 15.9 Å². The third-order valence-electron chi connectivity index (χ3n) is 3.78. The van der Waals surface area contributed by atoms with Crippen molar-refractivity contribution in [1.82, 2.24) is 9.97 Å². The van der Waals surface area contributed by atoms with E-state index < -0.39 is 5.91 Å². The number of benzene rings is 1. The predicted molar refractivity (Wildman–Crippen MR) is 70.4 cm³/mol. The minimum atomic E-state index is -0.397. The van der Waals surface area contributed by atoms with Crippen LogP contribution >= 0.6 is 0 Å². The van der Waals surface area contributed by atoms with E-state index in [0.717, 1.165) is 16.9 Å². The summed E-state index contributed by atoms with van der Waals surface area (Å²) in [6, 6.07) is 5.38. The molecular formula is C14H17N3O. The van der Waals surface area contributed by atoms with Gasteiger partial charge in [-0.2, -0.15) is 0 Å². The number of carbonyl (C=O) groups excluding carboxylic acids is 1. The lowest BCUT2D eigenvalue weighted by Gasteiger charge is -2.18. The Bertz CT molecular complexity index is 582. The molecule has 0 unspecified atom stereocenters. The normalized spacial score (nSPS) is 17.1. The largest absolute Gasteiger partial charge is 0.366 e. The summed E-state index contributed by atoms with van der Waals surface area (Å²) in [5, 5.41) is 0. The first kappa shape index (κ1) is 11.3. The molecule has 0 atom stereocenters. The molecule has 0 spiro atoms. The summed E-state index contributed by atoms with van der Waals surface area (Å²) in [7, 11) is 0. The van der Waals surface area contributed by atoms with E-state index in [-0.39, 0.29) is 0 Å². The fraction of sp³-hybridized carbons (Fsp3) is 0.429. The molecule has 1 fully saturated rings. The molecule has 1 saturated carbocycles. The van der Waals surface area contributed by atoms with Crippen molar-refractivity contribution in [3.8, 4) is 0 Å². The van der Waals surface area contributed by atoms with Gasteiger partial charge in [-0.05, 0) is 31.0 Å². The Balaban J connectivity index is 1.97. The predicted octanol–water partition coefficient (Wildman–Crippen LogP) is 2.71. The fourth-order valence-corrected chi connectivity index (χ4v) is 2.75. The van der Waals surface area contributed by atoms with E-state index in [4.69, 9.17) is 5.73 Å². The summed E-state index contributed by atoms with van der Waals surface area (Å²) < 4.78 is 0. The molecule has 1 aromatic heterocycles. The van der Waals surface area contributed by atoms with Gasteiger partial charge in [0.25, 0.3) is 0 Å². The smallest absolute Gasteiger partial charge is 0.248 e. The van der Waals surface area contributed by atoms with Crippen LogP contribution in [0.15, 0.2) is 18.2 Å². The van der Waals surface area contributed by atoms with Gasteiger partial charge in [-0.15, -0.1) is 0 Å². The van der Waals surface area contributed by atoms with Gasteiger partial charge in [-0.25, -0.2) is 4.98 Å². The number of hydrogen-bond donors (Lipinski definition) is 2. The topological polar surface area (TPSA) is 71.8 Å². The maximum atomic E-state index is 11.1. The van der Waals surface area contributed by atoms with E-state index >= 15 is 0 Å². The van der Waals surface area contributed by atoms with Crippen molar-refractivity contribution >= 4 is 16.9 Å². The number of fused-ring (bicyclic) bond motifs is 1. The van der Waals surface area contributed by atoms with E-state index in [2.05, 4.69) is 9.97 Å². The highest BCUT2D eigenvalue weighted by molar-refractivity contribution is 5.96. The number of aromatic nitrogens is 2. The Morgan fingerprint density at radius 2 is 2.06 bits per heavy atom. The van der Waals surface area contributed by atoms with E-state index in [9.17, 15) is 4.79 Å². The van der Waals surface area contributed by atoms with Gasteiger partial charge < -0.3 is 10.7 Å². The highest BCUT2D eigenvalue weighted by atomic mass is 16.1. The lowest BCUT2D eigenvalue weighted by Crippen LogP contribution is -2.10. The Hall–Kier alpha value is -1.84. The third kappa shape index (κ3) is 1.98. The van der Waals surface area contributed by atoms with Crippen LogP contribution in [0.25, 0.3) is 11.0 Å². The van der Waals surface area contributed by atoms with Crippen molar-refractivity contribution in [2.45, 2.75) is 38.0 Å². The molecule has 3 rings (SSSR count). The minimum absolute atomic E-state index is 0.397. The first-order valence-electron chi connectivity index (χ1n) is 6.53. The number of hydrogen-bond acceptors (Lipinski definition) is 2. The Kier molecular flexibility index (Phi) is 2.78. The lowest BCUT2D eigenvalue weighted by molar-refractivity contribution is 0.100. The SMILES string of the molecule is NC(=O)c1ccc2nc(C3CCCCC3)[nH]c2c1. The number of aromatic amines is 1. The number of primary amides is 1. The molecule has 0 bridgehead atoms. The molecule has 2 aromatic rings. The number of nitrogens with two attached hydrogens (primary N) is 1. The molecule has 4 nitrogen and oxygen atoms in total. The molecule has 1 heterocycles. The zero-order valence-corrected chi connectivity index (χ0v) is 10.3. The van der Waals surface area contributed by atoms with Crippen LogP contribution in [0, 0.1) is 0 Å². The first-order valence-corrected chi connectivity index (χ1v) is 6.53. The third-order valence-corrected chi connectivity index (χ3v) is 3.78. The zero-order valence-electron chi connectivity index (χ0n) is 10.3. The summed E-state index contributed by atoms with van der Waals surface area (Å²) in [4.78, 5) is 19.1. The average Bonchev–Trinajstić information content (AvgIpc) is 2.82. The fourth-order valence-electron chi connectivity index (χ4n) is 2.75. The van der Waals surface area contributed by atoms with Crippen molar-refractivity contribution < 1.29 is 4.79 Å². The molecular weight excluding hydrogens is 226 g/mol.